The summed E-state index contributed by atoms with van der Waals surface area (Å²) in [5.74, 6) is -2.23. The molecule has 2 aromatic rings. The Morgan fingerprint density at radius 3 is 2.38 bits per heavy atom. The Bertz CT molecular complexity index is 1210. The van der Waals surface area contributed by atoms with Crippen LogP contribution in [0.3, 0.4) is 0 Å². The monoisotopic (exact) mass is 537 g/mol. The van der Waals surface area contributed by atoms with Crippen LogP contribution in [0.4, 0.5) is 8.78 Å². The van der Waals surface area contributed by atoms with Crippen molar-refractivity contribution in [3.8, 4) is 0 Å². The number of benzene rings is 2. The summed E-state index contributed by atoms with van der Waals surface area (Å²) in [4.78, 5) is 11.5. The van der Waals surface area contributed by atoms with Crippen LogP contribution in [0.15, 0.2) is 66.4 Å². The summed E-state index contributed by atoms with van der Waals surface area (Å²) >= 11 is 0. The standard InChI is InChI=1S/C32H41F2N3O2/c1-31(2,3)23-8-7-9-24(18-23)32(14-5-4-6-15-32)36-20-28(38)29(22-16-25(33)19-26(34)17-22)37-27-12-10-21(11-13-27)30(35)39/h7-10,12-13,16-19,21,28-29,36-38H,4-6,11,14-15,20H2,1-3H3,(H2,35,39). The molecule has 5 N–H and O–H groups in total. The Balaban J connectivity index is 1.59. The van der Waals surface area contributed by atoms with Gasteiger partial charge in [0.15, 0.2) is 0 Å². The van der Waals surface area contributed by atoms with Crippen molar-refractivity contribution in [2.75, 3.05) is 6.54 Å². The summed E-state index contributed by atoms with van der Waals surface area (Å²) in [5, 5.41) is 18.4. The highest BCUT2D eigenvalue weighted by atomic mass is 19.1. The zero-order chi connectivity index (χ0) is 28.2. The minimum Gasteiger partial charge on any atom is -0.389 e. The first kappa shape index (κ1) is 29.0. The van der Waals surface area contributed by atoms with E-state index in [4.69, 9.17) is 5.73 Å². The van der Waals surface area contributed by atoms with Crippen LogP contribution in [0.1, 0.15) is 82.0 Å². The van der Waals surface area contributed by atoms with E-state index in [0.717, 1.165) is 31.7 Å². The van der Waals surface area contributed by atoms with Gasteiger partial charge in [-0.1, -0.05) is 76.5 Å². The molecule has 1 amide bonds. The fourth-order valence-electron chi connectivity index (χ4n) is 5.70. The fourth-order valence-corrected chi connectivity index (χ4v) is 5.70. The van der Waals surface area contributed by atoms with Crippen molar-refractivity contribution in [2.24, 2.45) is 11.7 Å². The summed E-state index contributed by atoms with van der Waals surface area (Å²) < 4.78 is 28.4. The molecule has 0 radical (unpaired) electrons. The fraction of sp³-hybridized carbons (Fsp3) is 0.469. The number of amides is 1. The number of nitrogens with two attached hydrogens (primary N) is 1. The maximum absolute atomic E-state index is 14.2. The lowest BCUT2D eigenvalue weighted by atomic mass is 9.74. The second kappa shape index (κ2) is 12.0. The lowest BCUT2D eigenvalue weighted by Gasteiger charge is -2.41. The highest BCUT2D eigenvalue weighted by Crippen LogP contribution is 2.39. The van der Waals surface area contributed by atoms with Crippen molar-refractivity contribution >= 4 is 5.91 Å². The van der Waals surface area contributed by atoms with Gasteiger partial charge in [-0.25, -0.2) is 8.78 Å². The molecule has 7 heteroatoms. The third kappa shape index (κ3) is 7.14. The Morgan fingerprint density at radius 1 is 1.10 bits per heavy atom. The van der Waals surface area contributed by atoms with Gasteiger partial charge in [0.25, 0.3) is 0 Å². The molecule has 0 saturated heterocycles. The molecular weight excluding hydrogens is 496 g/mol. The number of aliphatic hydroxyl groups excluding tert-OH is 1. The topological polar surface area (TPSA) is 87.4 Å². The van der Waals surface area contributed by atoms with E-state index in [1.165, 1.54) is 29.7 Å². The predicted molar refractivity (Wildman–Crippen MR) is 151 cm³/mol. The van der Waals surface area contributed by atoms with Gasteiger partial charge >= 0.3 is 0 Å². The number of hydrogen-bond acceptors (Lipinski definition) is 4. The Morgan fingerprint density at radius 2 is 1.79 bits per heavy atom. The first-order valence-corrected chi connectivity index (χ1v) is 13.9. The molecule has 3 unspecified atom stereocenters. The third-order valence-electron chi connectivity index (χ3n) is 8.05. The van der Waals surface area contributed by atoms with Gasteiger partial charge in [0, 0.05) is 23.8 Å². The number of allylic oxidation sites excluding steroid dienone is 2. The zero-order valence-corrected chi connectivity index (χ0v) is 23.1. The second-order valence-corrected chi connectivity index (χ2v) is 12.0. The van der Waals surface area contributed by atoms with Crippen LogP contribution in [0, 0.1) is 17.6 Å². The number of carbonyl (C=O) groups excluding carboxylic acids is 1. The lowest BCUT2D eigenvalue weighted by molar-refractivity contribution is -0.120. The summed E-state index contributed by atoms with van der Waals surface area (Å²) in [5.41, 5.74) is 8.56. The van der Waals surface area contributed by atoms with Crippen molar-refractivity contribution in [1.29, 1.82) is 0 Å². The SMILES string of the molecule is CC(C)(C)c1cccc(C2(NCC(O)C(NC3=CCC(C(N)=O)C=C3)c3cc(F)cc(F)c3)CCCCC2)c1. The van der Waals surface area contributed by atoms with Crippen LogP contribution < -0.4 is 16.4 Å². The van der Waals surface area contributed by atoms with E-state index >= 15 is 0 Å². The van der Waals surface area contributed by atoms with E-state index in [1.54, 1.807) is 12.2 Å². The van der Waals surface area contributed by atoms with E-state index in [0.29, 0.717) is 17.7 Å². The van der Waals surface area contributed by atoms with E-state index in [2.05, 4.69) is 55.7 Å². The Labute approximate surface area is 230 Å². The zero-order valence-electron chi connectivity index (χ0n) is 23.1. The van der Waals surface area contributed by atoms with E-state index < -0.39 is 35.6 Å². The normalized spacial score (nSPS) is 20.7. The van der Waals surface area contributed by atoms with Crippen LogP contribution in [0.5, 0.6) is 0 Å². The van der Waals surface area contributed by atoms with E-state index in [-0.39, 0.29) is 17.5 Å². The maximum atomic E-state index is 14.2. The molecule has 2 aliphatic rings. The quantitative estimate of drug-likeness (QED) is 0.333. The molecular formula is C32H41F2N3O2. The van der Waals surface area contributed by atoms with Crippen molar-refractivity contribution < 1.29 is 18.7 Å². The molecule has 0 aromatic heterocycles. The van der Waals surface area contributed by atoms with E-state index in [9.17, 15) is 18.7 Å². The molecule has 0 spiro atoms. The van der Waals surface area contributed by atoms with Gasteiger partial charge in [-0.3, -0.25) is 4.79 Å². The largest absolute Gasteiger partial charge is 0.389 e. The van der Waals surface area contributed by atoms with Crippen LogP contribution in [-0.4, -0.2) is 23.7 Å². The number of aliphatic hydroxyl groups is 1. The second-order valence-electron chi connectivity index (χ2n) is 12.0. The number of primary amides is 1. The minimum absolute atomic E-state index is 0.0105. The highest BCUT2D eigenvalue weighted by molar-refractivity contribution is 5.79. The first-order chi connectivity index (χ1) is 18.5. The van der Waals surface area contributed by atoms with Crippen molar-refractivity contribution in [1.82, 2.24) is 10.6 Å². The van der Waals surface area contributed by atoms with Gasteiger partial charge < -0.3 is 21.5 Å². The number of rotatable bonds is 9. The van der Waals surface area contributed by atoms with Gasteiger partial charge in [-0.15, -0.1) is 0 Å². The van der Waals surface area contributed by atoms with Crippen molar-refractivity contribution in [3.63, 3.8) is 0 Å². The van der Waals surface area contributed by atoms with Crippen LogP contribution >= 0.6 is 0 Å². The van der Waals surface area contributed by atoms with Gasteiger partial charge in [-0.2, -0.15) is 0 Å². The van der Waals surface area contributed by atoms with Gasteiger partial charge in [0.1, 0.15) is 11.6 Å². The van der Waals surface area contributed by atoms with Crippen molar-refractivity contribution in [2.45, 2.75) is 82.4 Å². The third-order valence-corrected chi connectivity index (χ3v) is 8.05. The van der Waals surface area contributed by atoms with Crippen LogP contribution in [-0.2, 0) is 15.7 Å². The number of carbonyl (C=O) groups is 1. The summed E-state index contributed by atoms with van der Waals surface area (Å²) in [6.07, 6.45) is 9.89. The maximum Gasteiger partial charge on any atom is 0.224 e. The van der Waals surface area contributed by atoms with Crippen LogP contribution in [0.25, 0.3) is 0 Å². The Hall–Kier alpha value is -3.03. The minimum atomic E-state index is -1.00. The predicted octanol–water partition coefficient (Wildman–Crippen LogP) is 5.65. The molecule has 4 rings (SSSR count). The molecule has 0 heterocycles. The van der Waals surface area contributed by atoms with Crippen LogP contribution in [0.2, 0.25) is 0 Å². The molecule has 2 aliphatic carbocycles. The average molecular weight is 538 g/mol. The molecule has 210 valence electrons. The number of hydrogen-bond donors (Lipinski definition) is 4. The Kier molecular flexibility index (Phi) is 8.92. The van der Waals surface area contributed by atoms with Gasteiger partial charge in [0.2, 0.25) is 5.91 Å². The highest BCUT2D eigenvalue weighted by Gasteiger charge is 2.36. The molecule has 0 aliphatic heterocycles. The smallest absolute Gasteiger partial charge is 0.224 e. The molecule has 2 aromatic carbocycles. The van der Waals surface area contributed by atoms with Gasteiger partial charge in [0.05, 0.1) is 18.1 Å². The molecule has 39 heavy (non-hydrogen) atoms. The summed E-state index contributed by atoms with van der Waals surface area (Å²) in [6.45, 7) is 6.82. The number of nitrogens with one attached hydrogen (secondary N) is 2. The summed E-state index contributed by atoms with van der Waals surface area (Å²) in [6, 6.07) is 11.2. The first-order valence-electron chi connectivity index (χ1n) is 13.9. The van der Waals surface area contributed by atoms with E-state index in [1.807, 2.05) is 6.08 Å². The number of halogens is 2. The molecule has 0 bridgehead atoms. The molecule has 3 atom stereocenters. The van der Waals surface area contributed by atoms with Crippen molar-refractivity contribution in [3.05, 3.63) is 94.7 Å². The molecule has 5 nitrogen and oxygen atoms in total. The average Bonchev–Trinajstić information content (AvgIpc) is 2.90. The summed E-state index contributed by atoms with van der Waals surface area (Å²) in [7, 11) is 0. The van der Waals surface area contributed by atoms with Gasteiger partial charge in [-0.05, 0) is 59.6 Å². The molecule has 1 fully saturated rings. The molecule has 1 saturated carbocycles. The lowest BCUT2D eigenvalue weighted by Crippen LogP contribution is -2.49.